The minimum atomic E-state index is 0. The van der Waals surface area contributed by atoms with E-state index in [1.165, 1.54) is 39.8 Å². The Bertz CT molecular complexity index is 794. The highest BCUT2D eigenvalue weighted by atomic mass is 79.9. The van der Waals surface area contributed by atoms with Crippen molar-refractivity contribution in [2.24, 2.45) is 0 Å². The van der Waals surface area contributed by atoms with Gasteiger partial charge < -0.3 is 0 Å². The van der Waals surface area contributed by atoms with Gasteiger partial charge >= 0.3 is 5.16 Å². The molecule has 0 atom stereocenters. The van der Waals surface area contributed by atoms with E-state index < -0.39 is 0 Å². The normalized spacial score (nSPS) is 13.3. The predicted molar refractivity (Wildman–Crippen MR) is 102 cm³/mol. The maximum Gasteiger partial charge on any atom is 0.323 e. The third kappa shape index (κ3) is 3.10. The Kier molecular flexibility index (Phi) is 4.93. The van der Waals surface area contributed by atoms with E-state index in [0.717, 1.165) is 6.54 Å². The summed E-state index contributed by atoms with van der Waals surface area (Å²) in [7, 11) is 0. The van der Waals surface area contributed by atoms with Gasteiger partial charge in [0.05, 0.1) is 6.54 Å². The fourth-order valence-corrected chi connectivity index (χ4v) is 4.05. The topological polar surface area (TPSA) is 8.81 Å². The van der Waals surface area contributed by atoms with Crippen molar-refractivity contribution in [3.8, 4) is 16.9 Å². The van der Waals surface area contributed by atoms with Crippen molar-refractivity contribution in [2.45, 2.75) is 25.0 Å². The summed E-state index contributed by atoms with van der Waals surface area (Å²) < 4.78 is 4.80. The molecule has 1 aromatic heterocycles. The number of fused-ring (bicyclic) bond motifs is 1. The molecule has 0 amide bonds. The third-order valence-corrected chi connectivity index (χ3v) is 5.26. The van der Waals surface area contributed by atoms with Crippen LogP contribution in [0, 0.1) is 6.92 Å². The molecule has 0 saturated heterocycles. The van der Waals surface area contributed by atoms with Crippen LogP contribution in [0.5, 0.6) is 0 Å². The lowest BCUT2D eigenvalue weighted by Gasteiger charge is -2.09. The number of imidazole rings is 1. The minimum Gasteiger partial charge on any atom is -0.224 e. The van der Waals surface area contributed by atoms with Crippen LogP contribution in [0.3, 0.4) is 0 Å². The second-order valence-electron chi connectivity index (χ2n) is 5.73. The Morgan fingerprint density at radius 2 is 1.74 bits per heavy atom. The zero-order valence-electron chi connectivity index (χ0n) is 13.1. The first-order valence-corrected chi connectivity index (χ1v) is 8.72. The summed E-state index contributed by atoms with van der Waals surface area (Å²) in [6.07, 6.45) is 3.55. The molecule has 23 heavy (non-hydrogen) atoms. The molecule has 1 aliphatic heterocycles. The molecule has 4 heteroatoms. The van der Waals surface area contributed by atoms with Crippen LogP contribution < -0.4 is 4.57 Å². The first-order valence-electron chi connectivity index (χ1n) is 7.73. The van der Waals surface area contributed by atoms with Gasteiger partial charge in [-0.2, -0.15) is 4.57 Å². The van der Waals surface area contributed by atoms with Gasteiger partial charge in [-0.1, -0.05) is 48.0 Å². The molecular weight excluding hydrogens is 368 g/mol. The molecule has 4 rings (SSSR count). The number of hydrogen-bond acceptors (Lipinski definition) is 1. The van der Waals surface area contributed by atoms with Gasteiger partial charge in [0.15, 0.2) is 5.69 Å². The summed E-state index contributed by atoms with van der Waals surface area (Å²) in [6, 6.07) is 19.5. The van der Waals surface area contributed by atoms with E-state index in [1.54, 1.807) is 0 Å². The van der Waals surface area contributed by atoms with Gasteiger partial charge in [0.1, 0.15) is 11.9 Å². The van der Waals surface area contributed by atoms with E-state index in [-0.39, 0.29) is 17.0 Å². The summed E-state index contributed by atoms with van der Waals surface area (Å²) >= 11 is 1.95. The molecule has 2 aromatic carbocycles. The average Bonchev–Trinajstić information content (AvgIpc) is 2.96. The van der Waals surface area contributed by atoms with Crippen LogP contribution in [-0.4, -0.2) is 10.3 Å². The second-order valence-corrected chi connectivity index (χ2v) is 6.79. The Morgan fingerprint density at radius 3 is 2.48 bits per heavy atom. The molecule has 3 aromatic rings. The largest absolute Gasteiger partial charge is 0.323 e. The standard InChI is InChI=1S/C19H19N2S.BrH/c1-15-8-10-16(11-9-15)18-14-20-12-5-13-22-19(20)21(18)17-6-3-2-4-7-17;/h2-4,6-11,14H,5,12-13H2,1H3;1H/q+1;. The van der Waals surface area contributed by atoms with E-state index in [1.807, 2.05) is 11.8 Å². The number of aromatic nitrogens is 2. The lowest BCUT2D eigenvalue weighted by Crippen LogP contribution is -2.37. The highest BCUT2D eigenvalue weighted by molar-refractivity contribution is 8.93. The number of rotatable bonds is 2. The van der Waals surface area contributed by atoms with Crippen molar-refractivity contribution in [2.75, 3.05) is 5.75 Å². The van der Waals surface area contributed by atoms with Gasteiger partial charge in [-0.15, -0.1) is 17.0 Å². The van der Waals surface area contributed by atoms with E-state index in [9.17, 15) is 0 Å². The van der Waals surface area contributed by atoms with Crippen molar-refractivity contribution in [1.29, 1.82) is 0 Å². The Morgan fingerprint density at radius 1 is 1.00 bits per heavy atom. The van der Waals surface area contributed by atoms with Gasteiger partial charge in [0.25, 0.3) is 0 Å². The molecular formula is C19H20BrN2S+. The second kappa shape index (κ2) is 6.93. The maximum absolute atomic E-state index is 2.40. The summed E-state index contributed by atoms with van der Waals surface area (Å²) in [5, 5.41) is 1.34. The van der Waals surface area contributed by atoms with Crippen LogP contribution in [0.15, 0.2) is 66.0 Å². The number of benzene rings is 2. The van der Waals surface area contributed by atoms with Crippen LogP contribution in [0.2, 0.25) is 0 Å². The number of hydrogen-bond donors (Lipinski definition) is 0. The Hall–Kier alpha value is -1.52. The van der Waals surface area contributed by atoms with Gasteiger partial charge in [-0.05, 0) is 37.2 Å². The molecule has 2 nitrogen and oxygen atoms in total. The van der Waals surface area contributed by atoms with Crippen molar-refractivity contribution in [3.05, 3.63) is 66.4 Å². The van der Waals surface area contributed by atoms with Gasteiger partial charge in [-0.3, -0.25) is 0 Å². The van der Waals surface area contributed by atoms with Crippen molar-refractivity contribution >= 4 is 28.7 Å². The zero-order valence-corrected chi connectivity index (χ0v) is 15.6. The number of nitrogens with zero attached hydrogens (tertiary/aromatic N) is 2. The first-order chi connectivity index (χ1) is 10.8. The van der Waals surface area contributed by atoms with Gasteiger partial charge in [0.2, 0.25) is 0 Å². The van der Waals surface area contributed by atoms with E-state index in [4.69, 9.17) is 0 Å². The molecule has 0 fully saturated rings. The number of aryl methyl sites for hydroxylation is 2. The fraction of sp³-hybridized carbons (Fsp3) is 0.211. The average molecular weight is 388 g/mol. The Labute approximate surface area is 151 Å². The van der Waals surface area contributed by atoms with Crippen LogP contribution in [0.4, 0.5) is 0 Å². The quantitative estimate of drug-likeness (QED) is 0.572. The maximum atomic E-state index is 2.40. The molecule has 0 N–H and O–H groups in total. The van der Waals surface area contributed by atoms with Gasteiger partial charge in [0, 0.05) is 11.3 Å². The van der Waals surface area contributed by atoms with E-state index in [2.05, 4.69) is 76.9 Å². The predicted octanol–water partition coefficient (Wildman–Crippen LogP) is 4.81. The summed E-state index contributed by atoms with van der Waals surface area (Å²) in [4.78, 5) is 0. The van der Waals surface area contributed by atoms with Gasteiger partial charge in [-0.25, -0.2) is 4.57 Å². The first kappa shape index (κ1) is 16.3. The van der Waals surface area contributed by atoms with E-state index >= 15 is 0 Å². The minimum absolute atomic E-state index is 0. The van der Waals surface area contributed by atoms with Crippen LogP contribution >= 0.6 is 28.7 Å². The highest BCUT2D eigenvalue weighted by Crippen LogP contribution is 2.31. The molecule has 2 heterocycles. The molecule has 1 aliphatic rings. The summed E-state index contributed by atoms with van der Waals surface area (Å²) in [5.74, 6) is 1.20. The number of thioether (sulfide) groups is 1. The van der Waals surface area contributed by atoms with Crippen molar-refractivity contribution < 1.29 is 4.57 Å². The fourth-order valence-electron chi connectivity index (χ4n) is 2.95. The molecule has 0 aliphatic carbocycles. The molecule has 0 radical (unpaired) electrons. The molecule has 118 valence electrons. The third-order valence-electron chi connectivity index (χ3n) is 4.09. The van der Waals surface area contributed by atoms with Crippen LogP contribution in [-0.2, 0) is 6.54 Å². The van der Waals surface area contributed by atoms with Crippen molar-refractivity contribution in [1.82, 2.24) is 4.57 Å². The van der Waals surface area contributed by atoms with Crippen molar-refractivity contribution in [3.63, 3.8) is 0 Å². The summed E-state index contributed by atoms with van der Waals surface area (Å²) in [5.41, 5.74) is 5.09. The molecule has 0 spiro atoms. The Balaban J connectivity index is 0.00000156. The number of halogens is 1. The smallest absolute Gasteiger partial charge is 0.224 e. The van der Waals surface area contributed by atoms with E-state index in [0.29, 0.717) is 0 Å². The lowest BCUT2D eigenvalue weighted by atomic mass is 10.1. The lowest BCUT2D eigenvalue weighted by molar-refractivity contribution is -0.734. The molecule has 0 bridgehead atoms. The number of para-hydroxylation sites is 1. The molecule has 0 saturated carbocycles. The summed E-state index contributed by atoms with van der Waals surface area (Å²) in [6.45, 7) is 3.25. The SMILES string of the molecule is Br.Cc1ccc(-c2c[n+]3c(n2-c2ccccc2)SCCC3)cc1. The monoisotopic (exact) mass is 387 g/mol. The highest BCUT2D eigenvalue weighted by Gasteiger charge is 2.28. The zero-order chi connectivity index (χ0) is 14.9. The van der Waals surface area contributed by atoms with Crippen LogP contribution in [0.1, 0.15) is 12.0 Å². The molecule has 0 unspecified atom stereocenters. The van der Waals surface area contributed by atoms with Crippen LogP contribution in [0.25, 0.3) is 16.9 Å².